The number of thiazole rings is 1. The lowest BCUT2D eigenvalue weighted by atomic mass is 10.4. The van der Waals surface area contributed by atoms with Crippen LogP contribution in [0.2, 0.25) is 0 Å². The summed E-state index contributed by atoms with van der Waals surface area (Å²) in [5, 5.41) is 12.3. The van der Waals surface area contributed by atoms with E-state index < -0.39 is 0 Å². The highest BCUT2D eigenvalue weighted by Gasteiger charge is 2.14. The first-order valence-electron chi connectivity index (χ1n) is 4.92. The predicted molar refractivity (Wildman–Crippen MR) is 78.6 cm³/mol. The van der Waals surface area contributed by atoms with Gasteiger partial charge in [-0.25, -0.2) is 4.98 Å². The van der Waals surface area contributed by atoms with Crippen LogP contribution in [0.4, 0.5) is 0 Å². The lowest BCUT2D eigenvalue weighted by Gasteiger charge is -2.00. The molecular formula is C9H4Br2N6S2. The highest BCUT2D eigenvalue weighted by atomic mass is 79.9. The lowest BCUT2D eigenvalue weighted by molar-refractivity contribution is 0.753. The first-order chi connectivity index (χ1) is 9.24. The molecule has 0 amide bonds. The number of halogens is 2. The number of tetrazole rings is 1. The van der Waals surface area contributed by atoms with Crippen molar-refractivity contribution in [1.29, 1.82) is 0 Å². The van der Waals surface area contributed by atoms with E-state index in [1.807, 2.05) is 12.1 Å². The molecule has 0 aliphatic carbocycles. The maximum absolute atomic E-state index is 4.35. The van der Waals surface area contributed by atoms with Crippen LogP contribution in [-0.4, -0.2) is 30.2 Å². The van der Waals surface area contributed by atoms with Gasteiger partial charge in [0, 0.05) is 6.20 Å². The summed E-state index contributed by atoms with van der Waals surface area (Å²) in [6.07, 6.45) is 3.41. The van der Waals surface area contributed by atoms with Gasteiger partial charge in [-0.05, 0) is 66.2 Å². The van der Waals surface area contributed by atoms with Crippen molar-refractivity contribution in [3.63, 3.8) is 0 Å². The summed E-state index contributed by atoms with van der Waals surface area (Å²) in [6, 6.07) is 3.73. The first-order valence-corrected chi connectivity index (χ1v) is 8.14. The molecule has 0 aliphatic heterocycles. The normalized spacial score (nSPS) is 10.8. The molecule has 96 valence electrons. The fourth-order valence-corrected chi connectivity index (χ4v) is 4.46. The topological polar surface area (TPSA) is 69.4 Å². The molecule has 3 rings (SSSR count). The number of hydrogen-bond acceptors (Lipinski definition) is 7. The van der Waals surface area contributed by atoms with Crippen LogP contribution in [0.1, 0.15) is 0 Å². The summed E-state index contributed by atoms with van der Waals surface area (Å²) in [7, 11) is 0. The second-order valence-electron chi connectivity index (χ2n) is 3.23. The molecule has 0 N–H and O–H groups in total. The minimum Gasteiger partial charge on any atom is -0.262 e. The quantitative estimate of drug-likeness (QED) is 0.649. The van der Waals surface area contributed by atoms with Gasteiger partial charge in [0.1, 0.15) is 8.39 Å². The van der Waals surface area contributed by atoms with Crippen LogP contribution in [0.15, 0.2) is 42.4 Å². The van der Waals surface area contributed by atoms with Gasteiger partial charge in [-0.1, -0.05) is 11.3 Å². The van der Waals surface area contributed by atoms with Gasteiger partial charge in [0.05, 0.1) is 11.9 Å². The van der Waals surface area contributed by atoms with Crippen LogP contribution in [0.3, 0.4) is 0 Å². The smallest absolute Gasteiger partial charge is 0.221 e. The van der Waals surface area contributed by atoms with E-state index in [9.17, 15) is 0 Å². The van der Waals surface area contributed by atoms with Gasteiger partial charge in [0.25, 0.3) is 0 Å². The van der Waals surface area contributed by atoms with Crippen molar-refractivity contribution in [3.8, 4) is 5.69 Å². The zero-order valence-electron chi connectivity index (χ0n) is 9.07. The lowest BCUT2D eigenvalue weighted by Crippen LogP contribution is -1.98. The van der Waals surface area contributed by atoms with Crippen molar-refractivity contribution in [2.75, 3.05) is 0 Å². The Morgan fingerprint density at radius 2 is 2.21 bits per heavy atom. The van der Waals surface area contributed by atoms with Gasteiger partial charge < -0.3 is 0 Å². The number of rotatable bonds is 3. The summed E-state index contributed by atoms with van der Waals surface area (Å²) in [6.45, 7) is 0. The third-order valence-electron chi connectivity index (χ3n) is 2.04. The van der Waals surface area contributed by atoms with E-state index in [0.717, 1.165) is 18.4 Å². The van der Waals surface area contributed by atoms with Gasteiger partial charge in [0.15, 0.2) is 4.34 Å². The van der Waals surface area contributed by atoms with Crippen LogP contribution < -0.4 is 0 Å². The molecule has 0 aliphatic rings. The molecule has 10 heteroatoms. The molecule has 0 aromatic carbocycles. The van der Waals surface area contributed by atoms with E-state index in [-0.39, 0.29) is 0 Å². The van der Waals surface area contributed by atoms with E-state index in [2.05, 4.69) is 57.4 Å². The van der Waals surface area contributed by atoms with Crippen molar-refractivity contribution in [2.24, 2.45) is 0 Å². The molecule has 0 atom stereocenters. The first kappa shape index (κ1) is 13.2. The molecule has 0 saturated carbocycles. The fraction of sp³-hybridized carbons (Fsp3) is 0. The van der Waals surface area contributed by atoms with E-state index in [1.54, 1.807) is 17.1 Å². The average Bonchev–Trinajstić information content (AvgIpc) is 2.99. The molecule has 0 saturated heterocycles. The minimum absolute atomic E-state index is 0.641. The van der Waals surface area contributed by atoms with Crippen molar-refractivity contribution < 1.29 is 0 Å². The summed E-state index contributed by atoms with van der Waals surface area (Å²) in [5.41, 5.74) is 0.810. The molecule has 19 heavy (non-hydrogen) atoms. The third kappa shape index (κ3) is 2.86. The molecule has 3 aromatic heterocycles. The Morgan fingerprint density at radius 1 is 1.32 bits per heavy atom. The zero-order chi connectivity index (χ0) is 13.2. The van der Waals surface area contributed by atoms with Crippen LogP contribution in [-0.2, 0) is 0 Å². The Hall–Kier alpha value is -0.840. The van der Waals surface area contributed by atoms with Gasteiger partial charge in [-0.2, -0.15) is 4.68 Å². The maximum atomic E-state index is 4.35. The Balaban J connectivity index is 1.93. The van der Waals surface area contributed by atoms with E-state index in [4.69, 9.17) is 0 Å². The minimum atomic E-state index is 0.641. The van der Waals surface area contributed by atoms with Crippen molar-refractivity contribution in [1.82, 2.24) is 30.2 Å². The molecule has 0 bridgehead atoms. The van der Waals surface area contributed by atoms with Crippen molar-refractivity contribution in [2.45, 2.75) is 9.50 Å². The largest absolute Gasteiger partial charge is 0.262 e. The second kappa shape index (κ2) is 5.65. The van der Waals surface area contributed by atoms with Gasteiger partial charge >= 0.3 is 0 Å². The number of pyridine rings is 1. The Morgan fingerprint density at radius 3 is 2.89 bits per heavy atom. The summed E-state index contributed by atoms with van der Waals surface area (Å²) >= 11 is 9.68. The zero-order valence-corrected chi connectivity index (χ0v) is 13.9. The Labute approximate surface area is 132 Å². The van der Waals surface area contributed by atoms with Crippen molar-refractivity contribution >= 4 is 55.0 Å². The predicted octanol–water partition coefficient (Wildman–Crippen LogP) is 3.19. The van der Waals surface area contributed by atoms with Crippen LogP contribution in [0.25, 0.3) is 5.69 Å². The number of nitrogens with zero attached hydrogens (tertiary/aromatic N) is 6. The Bertz CT molecular complexity index is 678. The average molecular weight is 420 g/mol. The summed E-state index contributed by atoms with van der Waals surface area (Å²) in [4.78, 5) is 8.40. The van der Waals surface area contributed by atoms with Gasteiger partial charge in [-0.15, -0.1) is 5.10 Å². The molecule has 3 heterocycles. The molecule has 0 fully saturated rings. The number of hydrogen-bond donors (Lipinski definition) is 0. The molecular weight excluding hydrogens is 416 g/mol. The maximum Gasteiger partial charge on any atom is 0.221 e. The van der Waals surface area contributed by atoms with Crippen molar-refractivity contribution in [3.05, 3.63) is 32.9 Å². The molecule has 6 nitrogen and oxygen atoms in total. The second-order valence-corrected chi connectivity index (χ2v) is 7.51. The van der Waals surface area contributed by atoms with E-state index in [1.165, 1.54) is 23.1 Å². The molecule has 3 aromatic rings. The summed E-state index contributed by atoms with van der Waals surface area (Å²) < 4.78 is 4.19. The third-order valence-corrected chi connectivity index (χ3v) is 6.11. The highest BCUT2D eigenvalue weighted by Crippen LogP contribution is 2.37. The molecule has 0 radical (unpaired) electrons. The standard InChI is InChI=1S/C9H4Br2N6S2/c10-6-7(11)18-9(13-6)19-8-14-15-16-17(8)5-2-1-3-12-4-5/h1-4H. The van der Waals surface area contributed by atoms with Gasteiger partial charge in [-0.3, -0.25) is 4.98 Å². The van der Waals surface area contributed by atoms with Crippen LogP contribution in [0, 0.1) is 0 Å². The van der Waals surface area contributed by atoms with E-state index in [0.29, 0.717) is 5.16 Å². The molecule has 0 unspecified atom stereocenters. The molecule has 0 spiro atoms. The fourth-order valence-electron chi connectivity index (χ4n) is 1.27. The Kier molecular flexibility index (Phi) is 3.91. The summed E-state index contributed by atoms with van der Waals surface area (Å²) in [5.74, 6) is 0. The number of aromatic nitrogens is 6. The van der Waals surface area contributed by atoms with Gasteiger partial charge in [0.2, 0.25) is 5.16 Å². The highest BCUT2D eigenvalue weighted by molar-refractivity contribution is 9.13. The SMILES string of the molecule is Brc1nc(Sc2nnnn2-c2cccnc2)sc1Br. The van der Waals surface area contributed by atoms with E-state index >= 15 is 0 Å². The monoisotopic (exact) mass is 418 g/mol. The van der Waals surface area contributed by atoms with Crippen LogP contribution >= 0.6 is 55.0 Å². The van der Waals surface area contributed by atoms with Crippen LogP contribution in [0.5, 0.6) is 0 Å².